The predicted molar refractivity (Wildman–Crippen MR) is 105 cm³/mol. The molecular weight excluding hydrogens is 311 g/mol. The Bertz CT molecular complexity index is 706. The molecule has 0 aliphatic carbocycles. The Morgan fingerprint density at radius 1 is 1.48 bits per heavy atom. The van der Waals surface area contributed by atoms with Crippen LogP contribution in [0.2, 0.25) is 0 Å². The second-order valence-corrected chi connectivity index (χ2v) is 7.06. The van der Waals surface area contributed by atoms with Gasteiger partial charge in [0.05, 0.1) is 6.04 Å². The molecule has 132 valence electrons. The largest absolute Gasteiger partial charge is 0.371 e. The zero-order valence-electron chi connectivity index (χ0n) is 15.7. The maximum atomic E-state index is 13.2. The van der Waals surface area contributed by atoms with Gasteiger partial charge in [-0.05, 0) is 38.1 Å². The number of carbonyl (C=O) groups is 1. The maximum absolute atomic E-state index is 13.2. The summed E-state index contributed by atoms with van der Waals surface area (Å²) in [5, 5.41) is 0. The third-order valence-electron chi connectivity index (χ3n) is 5.28. The van der Waals surface area contributed by atoms with Gasteiger partial charge in [0.1, 0.15) is 19.4 Å². The fourth-order valence-corrected chi connectivity index (χ4v) is 3.79. The molecule has 3 rings (SSSR count). The van der Waals surface area contributed by atoms with Gasteiger partial charge in [-0.1, -0.05) is 18.5 Å². The van der Waals surface area contributed by atoms with Crippen molar-refractivity contribution in [1.82, 2.24) is 14.7 Å². The Morgan fingerprint density at radius 3 is 2.92 bits per heavy atom. The molecule has 0 aromatic carbocycles. The van der Waals surface area contributed by atoms with Crippen LogP contribution in [0.3, 0.4) is 0 Å². The van der Waals surface area contributed by atoms with E-state index in [9.17, 15) is 4.79 Å². The van der Waals surface area contributed by atoms with Gasteiger partial charge in [-0.25, -0.2) is 4.99 Å². The Labute approximate surface area is 151 Å². The topological polar surface area (TPSA) is 39.2 Å². The van der Waals surface area contributed by atoms with Crippen molar-refractivity contribution in [3.63, 3.8) is 0 Å². The van der Waals surface area contributed by atoms with Crippen molar-refractivity contribution in [1.29, 1.82) is 0 Å². The van der Waals surface area contributed by atoms with Crippen LogP contribution in [0.4, 0.5) is 0 Å². The van der Waals surface area contributed by atoms with Crippen LogP contribution in [0.5, 0.6) is 0 Å². The summed E-state index contributed by atoms with van der Waals surface area (Å²) in [4.78, 5) is 24.2. The molecular formula is C19H27BN4O. The van der Waals surface area contributed by atoms with Gasteiger partial charge >= 0.3 is 0 Å². The number of amides is 1. The van der Waals surface area contributed by atoms with Gasteiger partial charge in [-0.3, -0.25) is 4.79 Å². The number of allylic oxidation sites excluding steroid dienone is 3. The van der Waals surface area contributed by atoms with Gasteiger partial charge in [0.2, 0.25) is 0 Å². The Hall–Kier alpha value is -2.24. The minimum Gasteiger partial charge on any atom is -0.371 e. The van der Waals surface area contributed by atoms with Crippen molar-refractivity contribution < 1.29 is 4.79 Å². The molecule has 1 amide bonds. The molecule has 0 saturated carbocycles. The summed E-state index contributed by atoms with van der Waals surface area (Å²) in [6.07, 6.45) is 10.1. The highest BCUT2D eigenvalue weighted by Crippen LogP contribution is 2.27. The summed E-state index contributed by atoms with van der Waals surface area (Å²) in [7, 11) is 3.93. The number of nitrogens with zero attached hydrogens (tertiary/aromatic N) is 4. The monoisotopic (exact) mass is 338 g/mol. The first-order chi connectivity index (χ1) is 11.9. The van der Waals surface area contributed by atoms with Gasteiger partial charge in [-0.2, -0.15) is 0 Å². The molecule has 5 nitrogen and oxygen atoms in total. The molecule has 1 fully saturated rings. The van der Waals surface area contributed by atoms with E-state index in [0.717, 1.165) is 42.9 Å². The summed E-state index contributed by atoms with van der Waals surface area (Å²) in [5.41, 5.74) is 2.56. The van der Waals surface area contributed by atoms with E-state index >= 15 is 0 Å². The zero-order valence-corrected chi connectivity index (χ0v) is 15.7. The lowest BCUT2D eigenvalue weighted by atomic mass is 9.97. The van der Waals surface area contributed by atoms with Gasteiger partial charge < -0.3 is 14.7 Å². The van der Waals surface area contributed by atoms with E-state index in [1.807, 2.05) is 36.8 Å². The first-order valence-corrected chi connectivity index (χ1v) is 9.06. The minimum absolute atomic E-state index is 0.0331. The molecule has 2 unspecified atom stereocenters. The highest BCUT2D eigenvalue weighted by molar-refractivity contribution is 6.43. The highest BCUT2D eigenvalue weighted by Gasteiger charge is 2.37. The van der Waals surface area contributed by atoms with Gasteiger partial charge in [0.25, 0.3) is 5.91 Å². The van der Waals surface area contributed by atoms with E-state index in [1.54, 1.807) is 0 Å². The van der Waals surface area contributed by atoms with Gasteiger partial charge in [0, 0.05) is 31.9 Å². The molecule has 0 bridgehead atoms. The second-order valence-electron chi connectivity index (χ2n) is 7.06. The fraction of sp³-hybridized carbons (Fsp3) is 0.474. The van der Waals surface area contributed by atoms with Gasteiger partial charge in [-0.15, -0.1) is 6.58 Å². The van der Waals surface area contributed by atoms with Crippen LogP contribution in [-0.4, -0.2) is 66.4 Å². The summed E-state index contributed by atoms with van der Waals surface area (Å²) in [6, 6.07) is 0.579. The predicted octanol–water partition coefficient (Wildman–Crippen LogP) is 1.47. The van der Waals surface area contributed by atoms with E-state index in [4.69, 9.17) is 0 Å². The van der Waals surface area contributed by atoms with Crippen LogP contribution in [0, 0.1) is 0 Å². The smallest absolute Gasteiger partial charge is 0.272 e. The van der Waals surface area contributed by atoms with Crippen LogP contribution in [0.1, 0.15) is 26.7 Å². The number of hydrogen-bond acceptors (Lipinski definition) is 4. The first-order valence-electron chi connectivity index (χ1n) is 9.06. The van der Waals surface area contributed by atoms with Crippen molar-refractivity contribution >= 4 is 19.5 Å². The second kappa shape index (κ2) is 6.94. The molecule has 25 heavy (non-hydrogen) atoms. The molecule has 3 aliphatic heterocycles. The number of carbonyl (C=O) groups excluding carboxylic acids is 1. The fourth-order valence-electron chi connectivity index (χ4n) is 3.79. The summed E-state index contributed by atoms with van der Waals surface area (Å²) in [5.74, 6) is 0.815. The Kier molecular flexibility index (Phi) is 4.88. The van der Waals surface area contributed by atoms with Crippen molar-refractivity contribution in [2.45, 2.75) is 38.8 Å². The van der Waals surface area contributed by atoms with E-state index in [-0.39, 0.29) is 11.9 Å². The van der Waals surface area contributed by atoms with Crippen LogP contribution < -0.4 is 0 Å². The average molecular weight is 338 g/mol. The van der Waals surface area contributed by atoms with Crippen molar-refractivity contribution in [2.24, 2.45) is 4.99 Å². The molecule has 0 aromatic rings. The average Bonchev–Trinajstić information content (AvgIpc) is 3.05. The molecule has 0 spiro atoms. The molecule has 3 heterocycles. The minimum atomic E-state index is 0.0331. The van der Waals surface area contributed by atoms with E-state index in [0.29, 0.717) is 11.8 Å². The normalized spacial score (nSPS) is 27.3. The highest BCUT2D eigenvalue weighted by atomic mass is 16.2. The lowest BCUT2D eigenvalue weighted by Crippen LogP contribution is -2.58. The number of fused-ring (bicyclic) bond motifs is 1. The lowest BCUT2D eigenvalue weighted by molar-refractivity contribution is -0.129. The van der Waals surface area contributed by atoms with Crippen LogP contribution >= 0.6 is 0 Å². The zero-order chi connectivity index (χ0) is 18.1. The third-order valence-corrected chi connectivity index (χ3v) is 5.28. The number of piperazine rings is 1. The number of rotatable bonds is 3. The van der Waals surface area contributed by atoms with E-state index < -0.39 is 0 Å². The van der Waals surface area contributed by atoms with Crippen molar-refractivity contribution in [2.75, 3.05) is 20.1 Å². The Morgan fingerprint density at radius 2 is 2.24 bits per heavy atom. The van der Waals surface area contributed by atoms with Crippen LogP contribution in [0.25, 0.3) is 0 Å². The molecule has 0 radical (unpaired) electrons. The quantitative estimate of drug-likeness (QED) is 0.732. The number of aliphatic imine (C=N–C) groups is 1. The summed E-state index contributed by atoms with van der Waals surface area (Å²) < 4.78 is 0. The molecule has 2 atom stereocenters. The SMILES string of the molecule is BC(=C)/C=C1/N=C(C(=O)N2CCN3C=CCC3C2C)C=C(CC)N1C. The van der Waals surface area contributed by atoms with Crippen LogP contribution in [-0.2, 0) is 4.79 Å². The van der Waals surface area contributed by atoms with Crippen molar-refractivity contribution in [3.8, 4) is 0 Å². The standard InChI is InChI=1S/C19H27BN4O/c1-5-15-12-16(21-18(22(15)4)11-13(2)20)19(25)24-10-9-23-8-6-7-17(23)14(24)3/h6,8,11-12,14,17H,2,5,7,9-10,20H2,1,3-4H3/b18-11-. The summed E-state index contributed by atoms with van der Waals surface area (Å²) >= 11 is 0. The molecule has 1 saturated heterocycles. The Balaban J connectivity index is 1.87. The lowest BCUT2D eigenvalue weighted by Gasteiger charge is -2.44. The van der Waals surface area contributed by atoms with Gasteiger partial charge in [0.15, 0.2) is 0 Å². The molecule has 3 aliphatic rings. The van der Waals surface area contributed by atoms with E-state index in [1.165, 1.54) is 0 Å². The van der Waals surface area contributed by atoms with E-state index in [2.05, 4.69) is 42.6 Å². The van der Waals surface area contributed by atoms with Crippen LogP contribution in [0.15, 0.2) is 53.0 Å². The molecule has 6 heteroatoms. The maximum Gasteiger partial charge on any atom is 0.272 e. The molecule has 0 aromatic heterocycles. The third kappa shape index (κ3) is 3.30. The summed E-state index contributed by atoms with van der Waals surface area (Å²) in [6.45, 7) is 9.82. The molecule has 0 N–H and O–H groups in total. The van der Waals surface area contributed by atoms with Crippen molar-refractivity contribution in [3.05, 3.63) is 48.0 Å². The number of hydrogen-bond donors (Lipinski definition) is 0. The first kappa shape index (κ1) is 17.6.